The van der Waals surface area contributed by atoms with Crippen LogP contribution in [0.15, 0.2) is 36.8 Å². The molecule has 3 aromatic heterocycles. The van der Waals surface area contributed by atoms with Crippen LogP contribution in [0.1, 0.15) is 48.7 Å². The number of hydrogen-bond acceptors (Lipinski definition) is 6. The van der Waals surface area contributed by atoms with Crippen molar-refractivity contribution in [1.29, 1.82) is 0 Å². The van der Waals surface area contributed by atoms with Crippen LogP contribution < -0.4 is 5.32 Å². The number of nitrogens with zero attached hydrogens (tertiary/aromatic N) is 3. The fourth-order valence-electron chi connectivity index (χ4n) is 3.98. The van der Waals surface area contributed by atoms with Gasteiger partial charge in [0.05, 0.1) is 18.3 Å². The van der Waals surface area contributed by atoms with E-state index in [9.17, 15) is 9.90 Å². The Hall–Kier alpha value is -3.34. The lowest BCUT2D eigenvalue weighted by atomic mass is 9.89. The zero-order valence-corrected chi connectivity index (χ0v) is 18.1. The number of carbonyl (C=O) groups excluding carboxylic acids is 1. The van der Waals surface area contributed by atoms with Crippen LogP contribution in [0.2, 0.25) is 0 Å². The largest absolute Gasteiger partial charge is 0.382 e. The zero-order chi connectivity index (χ0) is 22.3. The Bertz CT molecular complexity index is 1260. The van der Waals surface area contributed by atoms with Gasteiger partial charge in [0.1, 0.15) is 17.1 Å². The smallest absolute Gasteiger partial charge is 0.228 e. The van der Waals surface area contributed by atoms with Gasteiger partial charge in [0, 0.05) is 53.0 Å². The summed E-state index contributed by atoms with van der Waals surface area (Å²) >= 11 is 0. The van der Waals surface area contributed by atoms with Crippen molar-refractivity contribution in [3.8, 4) is 11.8 Å². The first-order valence-electron chi connectivity index (χ1n) is 10.8. The molecular formula is C25H24N4O3. The number of hydrogen-bond donors (Lipinski definition) is 2. The minimum atomic E-state index is -1.01. The van der Waals surface area contributed by atoms with Crippen LogP contribution in [-0.2, 0) is 15.1 Å². The number of anilines is 1. The molecule has 1 saturated heterocycles. The highest BCUT2D eigenvalue weighted by molar-refractivity contribution is 5.96. The number of aromatic nitrogens is 3. The number of aryl methyl sites for hydroxylation is 1. The van der Waals surface area contributed by atoms with Gasteiger partial charge in [-0.25, -0.2) is 9.97 Å². The number of nitrogens with one attached hydrogen (secondary N) is 1. The van der Waals surface area contributed by atoms with Gasteiger partial charge in [0.2, 0.25) is 5.91 Å². The molecule has 2 atom stereocenters. The van der Waals surface area contributed by atoms with E-state index in [1.807, 2.05) is 26.0 Å². The molecular weight excluding hydrogens is 404 g/mol. The summed E-state index contributed by atoms with van der Waals surface area (Å²) in [5, 5.41) is 15.5. The predicted molar refractivity (Wildman–Crippen MR) is 120 cm³/mol. The van der Waals surface area contributed by atoms with Gasteiger partial charge >= 0.3 is 0 Å². The van der Waals surface area contributed by atoms with Gasteiger partial charge in [-0.05, 0) is 44.7 Å². The molecule has 0 unspecified atom stereocenters. The first-order valence-corrected chi connectivity index (χ1v) is 10.8. The summed E-state index contributed by atoms with van der Waals surface area (Å²) in [6, 6.07) is 5.50. The van der Waals surface area contributed by atoms with Crippen molar-refractivity contribution >= 4 is 22.5 Å². The number of carbonyl (C=O) groups is 1. The lowest BCUT2D eigenvalue weighted by Gasteiger charge is -2.25. The molecule has 162 valence electrons. The van der Waals surface area contributed by atoms with Crippen molar-refractivity contribution in [3.05, 3.63) is 59.3 Å². The van der Waals surface area contributed by atoms with Crippen LogP contribution in [0.25, 0.3) is 10.8 Å². The molecule has 0 aromatic carbocycles. The highest BCUT2D eigenvalue weighted by Gasteiger charge is 2.41. The Morgan fingerprint density at radius 2 is 2.00 bits per heavy atom. The second-order valence-corrected chi connectivity index (χ2v) is 8.51. The van der Waals surface area contributed by atoms with E-state index in [1.54, 1.807) is 24.7 Å². The molecule has 0 spiro atoms. The fraction of sp³-hybridized carbons (Fsp3) is 0.360. The lowest BCUT2D eigenvalue weighted by molar-refractivity contribution is -0.117. The quantitative estimate of drug-likeness (QED) is 0.623. The van der Waals surface area contributed by atoms with E-state index in [0.717, 1.165) is 40.4 Å². The summed E-state index contributed by atoms with van der Waals surface area (Å²) in [7, 11) is 0. The van der Waals surface area contributed by atoms with E-state index in [-0.39, 0.29) is 17.9 Å². The molecule has 0 bridgehead atoms. The van der Waals surface area contributed by atoms with Gasteiger partial charge in [-0.2, -0.15) is 0 Å². The van der Waals surface area contributed by atoms with Crippen LogP contribution in [0.5, 0.6) is 0 Å². The number of ether oxygens (including phenoxy) is 1. The summed E-state index contributed by atoms with van der Waals surface area (Å²) in [4.78, 5) is 25.3. The second kappa shape index (κ2) is 7.97. The minimum Gasteiger partial charge on any atom is -0.382 e. The molecule has 2 N–H and O–H groups in total. The van der Waals surface area contributed by atoms with E-state index in [4.69, 9.17) is 4.74 Å². The van der Waals surface area contributed by atoms with E-state index in [1.165, 1.54) is 0 Å². The first kappa shape index (κ1) is 20.6. The first-order chi connectivity index (χ1) is 15.4. The van der Waals surface area contributed by atoms with Crippen molar-refractivity contribution in [2.24, 2.45) is 5.92 Å². The summed E-state index contributed by atoms with van der Waals surface area (Å²) < 4.78 is 5.51. The van der Waals surface area contributed by atoms with Crippen molar-refractivity contribution in [1.82, 2.24) is 15.0 Å². The highest BCUT2D eigenvalue weighted by Crippen LogP contribution is 2.35. The molecule has 5 rings (SSSR count). The molecule has 1 amide bonds. The number of amides is 1. The Labute approximate surface area is 186 Å². The molecule has 4 heterocycles. The van der Waals surface area contributed by atoms with Crippen LogP contribution >= 0.6 is 0 Å². The SMILES string of the molecule is Cc1ncc(C#Cc2ccc([C@@]3(O)CCO[C@H]3C)cn2)c2cc(NC(=O)C3CC3)ncc12. The van der Waals surface area contributed by atoms with Crippen LogP contribution in [0.3, 0.4) is 0 Å². The second-order valence-electron chi connectivity index (χ2n) is 8.51. The molecule has 7 heteroatoms. The third-order valence-corrected chi connectivity index (χ3v) is 6.28. The molecule has 2 aliphatic rings. The Morgan fingerprint density at radius 1 is 1.16 bits per heavy atom. The Morgan fingerprint density at radius 3 is 2.69 bits per heavy atom. The topological polar surface area (TPSA) is 97.2 Å². The van der Waals surface area contributed by atoms with Crippen LogP contribution in [0, 0.1) is 24.7 Å². The van der Waals surface area contributed by atoms with E-state index < -0.39 is 5.60 Å². The summed E-state index contributed by atoms with van der Waals surface area (Å²) in [5.74, 6) is 6.88. The molecule has 1 aliphatic heterocycles. The number of aliphatic hydroxyl groups is 1. The minimum absolute atomic E-state index is 0.0168. The monoisotopic (exact) mass is 428 g/mol. The van der Waals surface area contributed by atoms with Crippen molar-refractivity contribution in [3.63, 3.8) is 0 Å². The molecule has 32 heavy (non-hydrogen) atoms. The van der Waals surface area contributed by atoms with Gasteiger partial charge in [0.15, 0.2) is 0 Å². The molecule has 0 radical (unpaired) electrons. The highest BCUT2D eigenvalue weighted by atomic mass is 16.5. The van der Waals surface area contributed by atoms with Gasteiger partial charge in [0.25, 0.3) is 0 Å². The molecule has 2 fully saturated rings. The van der Waals surface area contributed by atoms with Crippen LogP contribution in [-0.4, -0.2) is 38.7 Å². The zero-order valence-electron chi connectivity index (χ0n) is 18.1. The van der Waals surface area contributed by atoms with Crippen molar-refractivity contribution < 1.29 is 14.6 Å². The molecule has 3 aromatic rings. The van der Waals surface area contributed by atoms with Gasteiger partial charge in [-0.15, -0.1) is 0 Å². The van der Waals surface area contributed by atoms with E-state index >= 15 is 0 Å². The Balaban J connectivity index is 1.44. The Kier molecular flexibility index (Phi) is 5.12. The maximum Gasteiger partial charge on any atom is 0.228 e. The number of rotatable bonds is 3. The summed E-state index contributed by atoms with van der Waals surface area (Å²) in [6.45, 7) is 4.32. The average Bonchev–Trinajstić information content (AvgIpc) is 3.59. The van der Waals surface area contributed by atoms with E-state index in [0.29, 0.717) is 24.5 Å². The lowest BCUT2D eigenvalue weighted by Crippen LogP contribution is -2.33. The third-order valence-electron chi connectivity index (χ3n) is 6.28. The number of pyridine rings is 3. The fourth-order valence-corrected chi connectivity index (χ4v) is 3.98. The normalized spacial score (nSPS) is 22.4. The average molecular weight is 428 g/mol. The van der Waals surface area contributed by atoms with Gasteiger partial charge in [-0.3, -0.25) is 9.78 Å². The summed E-state index contributed by atoms with van der Waals surface area (Å²) in [5.41, 5.74) is 1.90. The maximum absolute atomic E-state index is 12.1. The standard InChI is InChI=1S/C25H24N4O3/c1-15-22-14-28-23(29-24(30)17-3-4-17)11-21(22)18(12-26-15)5-7-20-8-6-19(13-27-20)25(31)9-10-32-16(25)2/h6,8,11-14,16-17,31H,3-4,9-10H2,1-2H3,(H,28,29,30)/t16-,25+/m0/s1. The number of fused-ring (bicyclic) bond motifs is 1. The van der Waals surface area contributed by atoms with Gasteiger partial charge in [-0.1, -0.05) is 12.0 Å². The summed E-state index contributed by atoms with van der Waals surface area (Å²) in [6.07, 6.45) is 7.28. The molecule has 1 saturated carbocycles. The van der Waals surface area contributed by atoms with Crippen molar-refractivity contribution in [2.45, 2.75) is 44.8 Å². The maximum atomic E-state index is 12.1. The predicted octanol–water partition coefficient (Wildman–Crippen LogP) is 3.08. The molecule has 7 nitrogen and oxygen atoms in total. The van der Waals surface area contributed by atoms with Crippen LogP contribution in [0.4, 0.5) is 5.82 Å². The van der Waals surface area contributed by atoms with Crippen molar-refractivity contribution in [2.75, 3.05) is 11.9 Å². The van der Waals surface area contributed by atoms with E-state index in [2.05, 4.69) is 32.1 Å². The van der Waals surface area contributed by atoms with Gasteiger partial charge < -0.3 is 15.2 Å². The third kappa shape index (κ3) is 3.83. The molecule has 1 aliphatic carbocycles.